The van der Waals surface area contributed by atoms with Crippen molar-refractivity contribution >= 4 is 34.2 Å². The fourth-order valence-corrected chi connectivity index (χ4v) is 3.56. The molecule has 0 saturated carbocycles. The third-order valence-corrected chi connectivity index (χ3v) is 5.21. The van der Waals surface area contributed by atoms with Crippen molar-refractivity contribution in [3.05, 3.63) is 83.8 Å². The topological polar surface area (TPSA) is 103 Å². The molecular weight excluding hydrogens is 416 g/mol. The molecule has 0 radical (unpaired) electrons. The first-order valence-corrected chi connectivity index (χ1v) is 10.7. The maximum absolute atomic E-state index is 13.1. The summed E-state index contributed by atoms with van der Waals surface area (Å²) in [6, 6.07) is 16.3. The number of benzene rings is 2. The average Bonchev–Trinajstić information content (AvgIpc) is 3.27. The lowest BCUT2D eigenvalue weighted by molar-refractivity contribution is 0.0951. The van der Waals surface area contributed by atoms with E-state index in [-0.39, 0.29) is 11.7 Å². The number of hydrogen-bond donors (Lipinski definition) is 3. The maximum atomic E-state index is 13.1. The van der Waals surface area contributed by atoms with Gasteiger partial charge in [0.2, 0.25) is 0 Å². The number of hydrogen-bond acceptors (Lipinski definition) is 6. The van der Waals surface area contributed by atoms with E-state index in [0.29, 0.717) is 45.8 Å². The number of rotatable bonds is 9. The number of ketones is 1. The quantitative estimate of drug-likeness (QED) is 0.270. The average molecular weight is 443 g/mol. The van der Waals surface area contributed by atoms with Crippen LogP contribution in [-0.4, -0.2) is 58.7 Å². The molecule has 3 N–H and O–H groups in total. The van der Waals surface area contributed by atoms with Gasteiger partial charge in [-0.1, -0.05) is 36.4 Å². The number of amides is 1. The zero-order valence-corrected chi connectivity index (χ0v) is 18.6. The maximum Gasteiger partial charge on any atom is 0.251 e. The first kappa shape index (κ1) is 22.2. The van der Waals surface area contributed by atoms with Gasteiger partial charge in [-0.05, 0) is 45.3 Å². The molecule has 0 aliphatic carbocycles. The summed E-state index contributed by atoms with van der Waals surface area (Å²) in [5, 5.41) is 6.79. The molecule has 4 rings (SSSR count). The highest BCUT2D eigenvalue weighted by Crippen LogP contribution is 2.28. The monoisotopic (exact) mass is 442 g/mol. The van der Waals surface area contributed by atoms with Gasteiger partial charge in [0.25, 0.3) is 5.91 Å². The van der Waals surface area contributed by atoms with Gasteiger partial charge in [-0.25, -0.2) is 9.97 Å². The Morgan fingerprint density at radius 1 is 1.00 bits per heavy atom. The van der Waals surface area contributed by atoms with Gasteiger partial charge in [0.15, 0.2) is 5.78 Å². The smallest absolute Gasteiger partial charge is 0.251 e. The number of carbonyl (C=O) groups is 2. The van der Waals surface area contributed by atoms with Crippen LogP contribution in [0.1, 0.15) is 32.7 Å². The van der Waals surface area contributed by atoms with Crippen LogP contribution in [0.3, 0.4) is 0 Å². The second-order valence-electron chi connectivity index (χ2n) is 7.96. The van der Waals surface area contributed by atoms with E-state index in [2.05, 4.69) is 30.5 Å². The summed E-state index contributed by atoms with van der Waals surface area (Å²) in [6.45, 7) is 1.52. The van der Waals surface area contributed by atoms with E-state index in [1.807, 2.05) is 44.4 Å². The zero-order chi connectivity index (χ0) is 23.2. The normalized spacial score (nSPS) is 11.0. The van der Waals surface area contributed by atoms with Crippen molar-refractivity contribution in [1.29, 1.82) is 0 Å². The number of aromatic nitrogens is 3. The SMILES string of the molecule is CN(C)CCCNC(=O)c1cccc(Nc2ncnc3[nH]cc(C(=O)c4ccccc4)c23)c1. The Labute approximate surface area is 192 Å². The van der Waals surface area contributed by atoms with E-state index in [1.54, 1.807) is 30.5 Å². The number of nitrogens with zero attached hydrogens (tertiary/aromatic N) is 3. The van der Waals surface area contributed by atoms with Crippen LogP contribution in [0.15, 0.2) is 67.1 Å². The van der Waals surface area contributed by atoms with Crippen LogP contribution in [0, 0.1) is 0 Å². The summed E-state index contributed by atoms with van der Waals surface area (Å²) in [4.78, 5) is 39.4. The Morgan fingerprint density at radius 2 is 1.79 bits per heavy atom. The molecule has 8 heteroatoms. The van der Waals surface area contributed by atoms with Crippen LogP contribution in [0.2, 0.25) is 0 Å². The molecule has 0 aliphatic heterocycles. The highest BCUT2D eigenvalue weighted by Gasteiger charge is 2.18. The van der Waals surface area contributed by atoms with Gasteiger partial charge in [-0.2, -0.15) is 0 Å². The van der Waals surface area contributed by atoms with E-state index < -0.39 is 0 Å². The summed E-state index contributed by atoms with van der Waals surface area (Å²) in [6.07, 6.45) is 3.96. The van der Waals surface area contributed by atoms with Gasteiger partial charge < -0.3 is 20.5 Å². The molecule has 0 unspecified atom stereocenters. The van der Waals surface area contributed by atoms with E-state index >= 15 is 0 Å². The predicted octanol–water partition coefficient (Wildman–Crippen LogP) is 3.61. The Balaban J connectivity index is 1.56. The molecular formula is C25H26N6O2. The summed E-state index contributed by atoms with van der Waals surface area (Å²) in [5.41, 5.74) is 2.86. The van der Waals surface area contributed by atoms with E-state index in [9.17, 15) is 9.59 Å². The molecule has 2 heterocycles. The molecule has 8 nitrogen and oxygen atoms in total. The van der Waals surface area contributed by atoms with Gasteiger partial charge in [-0.15, -0.1) is 0 Å². The second-order valence-corrected chi connectivity index (χ2v) is 7.96. The van der Waals surface area contributed by atoms with Gasteiger partial charge in [0.1, 0.15) is 17.8 Å². The van der Waals surface area contributed by atoms with Crippen LogP contribution < -0.4 is 10.6 Å². The highest BCUT2D eigenvalue weighted by molar-refractivity contribution is 6.18. The van der Waals surface area contributed by atoms with E-state index in [0.717, 1.165) is 13.0 Å². The van der Waals surface area contributed by atoms with Crippen molar-refractivity contribution in [2.75, 3.05) is 32.5 Å². The third kappa shape index (κ3) is 5.24. The summed E-state index contributed by atoms with van der Waals surface area (Å²) < 4.78 is 0. The molecule has 2 aromatic heterocycles. The molecule has 0 fully saturated rings. The van der Waals surface area contributed by atoms with Crippen molar-refractivity contribution in [3.8, 4) is 0 Å². The van der Waals surface area contributed by atoms with Gasteiger partial charge in [-0.3, -0.25) is 9.59 Å². The van der Waals surface area contributed by atoms with E-state index in [4.69, 9.17) is 0 Å². The van der Waals surface area contributed by atoms with Crippen LogP contribution in [-0.2, 0) is 0 Å². The molecule has 2 aromatic carbocycles. The zero-order valence-electron chi connectivity index (χ0n) is 18.6. The summed E-state index contributed by atoms with van der Waals surface area (Å²) >= 11 is 0. The van der Waals surface area contributed by atoms with E-state index in [1.165, 1.54) is 6.33 Å². The van der Waals surface area contributed by atoms with Crippen molar-refractivity contribution in [2.45, 2.75) is 6.42 Å². The number of anilines is 2. The predicted molar refractivity (Wildman–Crippen MR) is 129 cm³/mol. The minimum Gasteiger partial charge on any atom is -0.352 e. The Hall–Kier alpha value is -4.04. The second kappa shape index (κ2) is 10.1. The highest BCUT2D eigenvalue weighted by atomic mass is 16.1. The van der Waals surface area contributed by atoms with Crippen LogP contribution in [0.4, 0.5) is 11.5 Å². The summed E-state index contributed by atoms with van der Waals surface area (Å²) in [7, 11) is 4.01. The van der Waals surface area contributed by atoms with Crippen molar-refractivity contribution < 1.29 is 9.59 Å². The number of aromatic amines is 1. The molecule has 4 aromatic rings. The molecule has 168 valence electrons. The van der Waals surface area contributed by atoms with Crippen LogP contribution in [0.25, 0.3) is 11.0 Å². The molecule has 0 aliphatic rings. The molecule has 33 heavy (non-hydrogen) atoms. The minimum atomic E-state index is -0.133. The van der Waals surface area contributed by atoms with Crippen LogP contribution >= 0.6 is 0 Å². The molecule has 0 atom stereocenters. The van der Waals surface area contributed by atoms with Crippen LogP contribution in [0.5, 0.6) is 0 Å². The largest absolute Gasteiger partial charge is 0.352 e. The Kier molecular flexibility index (Phi) is 6.75. The molecule has 0 bridgehead atoms. The first-order valence-electron chi connectivity index (χ1n) is 10.7. The lowest BCUT2D eigenvalue weighted by atomic mass is 10.0. The van der Waals surface area contributed by atoms with Gasteiger partial charge >= 0.3 is 0 Å². The first-order chi connectivity index (χ1) is 16.0. The molecule has 1 amide bonds. The number of nitrogens with one attached hydrogen (secondary N) is 3. The Bertz CT molecular complexity index is 1270. The van der Waals surface area contributed by atoms with Crippen molar-refractivity contribution in [2.24, 2.45) is 0 Å². The standard InChI is InChI=1S/C25H26N6O2/c1-31(2)13-7-12-26-25(33)18-10-6-11-19(14-18)30-24-21-20(15-27-23(21)28-16-29-24)22(32)17-8-4-3-5-9-17/h3-6,8-11,14-16H,7,12-13H2,1-2H3,(H,26,33)(H2,27,28,29,30). The Morgan fingerprint density at radius 3 is 2.58 bits per heavy atom. The summed E-state index contributed by atoms with van der Waals surface area (Å²) in [5.74, 6) is 0.237. The van der Waals surface area contributed by atoms with Crippen molar-refractivity contribution in [3.63, 3.8) is 0 Å². The molecule has 0 saturated heterocycles. The molecule has 0 spiro atoms. The lowest BCUT2D eigenvalue weighted by Gasteiger charge is -2.11. The lowest BCUT2D eigenvalue weighted by Crippen LogP contribution is -2.27. The number of carbonyl (C=O) groups excluding carboxylic acids is 2. The fourth-order valence-electron chi connectivity index (χ4n) is 3.56. The minimum absolute atomic E-state index is 0.120. The number of H-pyrrole nitrogens is 1. The van der Waals surface area contributed by atoms with Crippen molar-refractivity contribution in [1.82, 2.24) is 25.2 Å². The fraction of sp³-hybridized carbons (Fsp3) is 0.200. The third-order valence-electron chi connectivity index (χ3n) is 5.21. The van der Waals surface area contributed by atoms with Gasteiger partial charge in [0.05, 0.1) is 10.9 Å². The van der Waals surface area contributed by atoms with Gasteiger partial charge in [0, 0.05) is 29.6 Å². The number of fused-ring (bicyclic) bond motifs is 1.